The van der Waals surface area contributed by atoms with E-state index in [0.717, 1.165) is 15.3 Å². The highest BCUT2D eigenvalue weighted by Crippen LogP contribution is 2.23. The Morgan fingerprint density at radius 2 is 1.94 bits per heavy atom. The van der Waals surface area contributed by atoms with Gasteiger partial charge in [0.15, 0.2) is 0 Å². The van der Waals surface area contributed by atoms with Crippen molar-refractivity contribution in [2.24, 2.45) is 0 Å². The fraction of sp³-hybridized carbons (Fsp3) is 0.231. The van der Waals surface area contributed by atoms with E-state index in [0.29, 0.717) is 18.7 Å². The second kappa shape index (κ2) is 5.78. The number of hydrogen-bond acceptors (Lipinski definition) is 2. The summed E-state index contributed by atoms with van der Waals surface area (Å²) in [6.45, 7) is 1.12. The molecule has 96 valence electrons. The van der Waals surface area contributed by atoms with Gasteiger partial charge in [0.1, 0.15) is 11.6 Å². The zero-order chi connectivity index (χ0) is 13.1. The van der Waals surface area contributed by atoms with Crippen LogP contribution in [0.2, 0.25) is 4.34 Å². The van der Waals surface area contributed by atoms with Crippen LogP contribution < -0.4 is 0 Å². The molecule has 0 bridgehead atoms. The molecule has 1 aromatic heterocycles. The van der Waals surface area contributed by atoms with Gasteiger partial charge in [-0.15, -0.1) is 11.3 Å². The maximum atomic E-state index is 13.5. The Hall–Kier alpha value is -0.970. The smallest absolute Gasteiger partial charge is 0.130 e. The van der Waals surface area contributed by atoms with Crippen LogP contribution in [0.5, 0.6) is 0 Å². The predicted molar refractivity (Wildman–Crippen MR) is 70.9 cm³/mol. The number of benzene rings is 1. The highest BCUT2D eigenvalue weighted by Gasteiger charge is 2.08. The Kier molecular flexibility index (Phi) is 4.32. The minimum atomic E-state index is -0.552. The number of halogens is 3. The minimum absolute atomic E-state index is 0.432. The molecule has 2 rings (SSSR count). The summed E-state index contributed by atoms with van der Waals surface area (Å²) in [6.07, 6.45) is 0. The summed E-state index contributed by atoms with van der Waals surface area (Å²) in [6, 6.07) is 7.44. The molecule has 0 unspecified atom stereocenters. The van der Waals surface area contributed by atoms with Crippen LogP contribution in [0.4, 0.5) is 8.78 Å². The van der Waals surface area contributed by atoms with Gasteiger partial charge >= 0.3 is 0 Å². The summed E-state index contributed by atoms with van der Waals surface area (Å²) < 4.78 is 27.0. The van der Waals surface area contributed by atoms with E-state index in [9.17, 15) is 8.78 Å². The quantitative estimate of drug-likeness (QED) is 0.810. The van der Waals surface area contributed by atoms with Crippen molar-refractivity contribution >= 4 is 22.9 Å². The zero-order valence-corrected chi connectivity index (χ0v) is 11.4. The molecule has 0 N–H and O–H groups in total. The van der Waals surface area contributed by atoms with Crippen LogP contribution in [0, 0.1) is 11.6 Å². The molecular formula is C13H12ClF2NS. The standard InChI is InChI=1S/C13H12ClF2NS/c1-17(8-11-4-5-13(14)18-11)7-9-2-3-10(15)6-12(9)16/h2-6H,7-8H2,1H3. The average Bonchev–Trinajstić information content (AvgIpc) is 2.68. The van der Waals surface area contributed by atoms with Gasteiger partial charge in [-0.3, -0.25) is 4.90 Å². The van der Waals surface area contributed by atoms with E-state index < -0.39 is 11.6 Å². The molecule has 1 aromatic carbocycles. The highest BCUT2D eigenvalue weighted by molar-refractivity contribution is 7.16. The number of thiophene rings is 1. The van der Waals surface area contributed by atoms with Gasteiger partial charge < -0.3 is 0 Å². The van der Waals surface area contributed by atoms with Crippen LogP contribution in [0.25, 0.3) is 0 Å². The first kappa shape index (κ1) is 13.5. The van der Waals surface area contributed by atoms with Crippen molar-refractivity contribution < 1.29 is 8.78 Å². The molecule has 2 aromatic rings. The molecule has 0 radical (unpaired) electrons. The monoisotopic (exact) mass is 287 g/mol. The summed E-state index contributed by atoms with van der Waals surface area (Å²) in [5, 5.41) is 0. The molecular weight excluding hydrogens is 276 g/mol. The third-order valence-electron chi connectivity index (χ3n) is 2.51. The van der Waals surface area contributed by atoms with Gasteiger partial charge in [0.25, 0.3) is 0 Å². The molecule has 1 nitrogen and oxygen atoms in total. The summed E-state index contributed by atoms with van der Waals surface area (Å²) in [5.41, 5.74) is 0.488. The van der Waals surface area contributed by atoms with Crippen molar-refractivity contribution in [2.45, 2.75) is 13.1 Å². The van der Waals surface area contributed by atoms with Crippen LogP contribution in [0.1, 0.15) is 10.4 Å². The topological polar surface area (TPSA) is 3.24 Å². The van der Waals surface area contributed by atoms with Gasteiger partial charge in [0.2, 0.25) is 0 Å². The van der Waals surface area contributed by atoms with Crippen molar-refractivity contribution in [1.29, 1.82) is 0 Å². The SMILES string of the molecule is CN(Cc1ccc(Cl)s1)Cc1ccc(F)cc1F. The molecule has 0 saturated carbocycles. The lowest BCUT2D eigenvalue weighted by molar-refractivity contribution is 0.316. The van der Waals surface area contributed by atoms with Crippen molar-refractivity contribution in [3.05, 3.63) is 56.7 Å². The molecule has 0 fully saturated rings. The summed E-state index contributed by atoms with van der Waals surface area (Å²) in [4.78, 5) is 3.07. The largest absolute Gasteiger partial charge is 0.297 e. The first-order valence-corrected chi connectivity index (χ1v) is 6.61. The third kappa shape index (κ3) is 3.51. The van der Waals surface area contributed by atoms with E-state index in [1.54, 1.807) is 0 Å². The maximum Gasteiger partial charge on any atom is 0.130 e. The fourth-order valence-corrected chi connectivity index (χ4v) is 2.87. The lowest BCUT2D eigenvalue weighted by Crippen LogP contribution is -2.17. The molecule has 5 heteroatoms. The van der Waals surface area contributed by atoms with Crippen LogP contribution in [0.15, 0.2) is 30.3 Å². The summed E-state index contributed by atoms with van der Waals surface area (Å²) in [7, 11) is 1.89. The predicted octanol–water partition coefficient (Wildman–Crippen LogP) is 4.31. The lowest BCUT2D eigenvalue weighted by atomic mass is 10.2. The first-order valence-electron chi connectivity index (χ1n) is 5.41. The second-order valence-electron chi connectivity index (χ2n) is 4.11. The number of rotatable bonds is 4. The molecule has 0 aliphatic rings. The van der Waals surface area contributed by atoms with Gasteiger partial charge in [0.05, 0.1) is 4.34 Å². The van der Waals surface area contributed by atoms with Gasteiger partial charge in [0, 0.05) is 29.6 Å². The van der Waals surface area contributed by atoms with E-state index in [1.165, 1.54) is 23.5 Å². The minimum Gasteiger partial charge on any atom is -0.297 e. The molecule has 0 saturated heterocycles. The van der Waals surface area contributed by atoms with Gasteiger partial charge in [-0.05, 0) is 25.2 Å². The molecule has 1 heterocycles. The Balaban J connectivity index is 2.00. The van der Waals surface area contributed by atoms with Crippen LogP contribution in [0.3, 0.4) is 0 Å². The average molecular weight is 288 g/mol. The third-order valence-corrected chi connectivity index (χ3v) is 3.73. The van der Waals surface area contributed by atoms with E-state index in [4.69, 9.17) is 11.6 Å². The molecule has 18 heavy (non-hydrogen) atoms. The van der Waals surface area contributed by atoms with Crippen molar-refractivity contribution in [3.8, 4) is 0 Å². The van der Waals surface area contributed by atoms with E-state index in [2.05, 4.69) is 0 Å². The van der Waals surface area contributed by atoms with Crippen molar-refractivity contribution in [1.82, 2.24) is 4.90 Å². The van der Waals surface area contributed by atoms with Crippen molar-refractivity contribution in [3.63, 3.8) is 0 Å². The van der Waals surface area contributed by atoms with Crippen molar-refractivity contribution in [2.75, 3.05) is 7.05 Å². The van der Waals surface area contributed by atoms with E-state index >= 15 is 0 Å². The highest BCUT2D eigenvalue weighted by atomic mass is 35.5. The van der Waals surface area contributed by atoms with Gasteiger partial charge in [-0.1, -0.05) is 17.7 Å². The number of nitrogens with zero attached hydrogens (tertiary/aromatic N) is 1. The first-order chi connectivity index (χ1) is 8.54. The Morgan fingerprint density at radius 3 is 2.56 bits per heavy atom. The Morgan fingerprint density at radius 1 is 1.17 bits per heavy atom. The maximum absolute atomic E-state index is 13.5. The second-order valence-corrected chi connectivity index (χ2v) is 5.91. The molecule has 0 atom stereocenters. The van der Waals surface area contributed by atoms with Gasteiger partial charge in [-0.25, -0.2) is 8.78 Å². The zero-order valence-electron chi connectivity index (χ0n) is 9.79. The molecule has 0 aliphatic heterocycles. The molecule has 0 aliphatic carbocycles. The summed E-state index contributed by atoms with van der Waals surface area (Å²) in [5.74, 6) is -1.06. The fourth-order valence-electron chi connectivity index (χ4n) is 1.70. The van der Waals surface area contributed by atoms with E-state index in [-0.39, 0.29) is 0 Å². The van der Waals surface area contributed by atoms with Crippen LogP contribution >= 0.6 is 22.9 Å². The molecule has 0 spiro atoms. The van der Waals surface area contributed by atoms with E-state index in [1.807, 2.05) is 24.1 Å². The van der Waals surface area contributed by atoms with Crippen LogP contribution in [-0.2, 0) is 13.1 Å². The lowest BCUT2D eigenvalue weighted by Gasteiger charge is -2.16. The Labute approximate surface area is 114 Å². The van der Waals surface area contributed by atoms with Gasteiger partial charge in [-0.2, -0.15) is 0 Å². The molecule has 0 amide bonds. The summed E-state index contributed by atoms with van der Waals surface area (Å²) >= 11 is 7.35. The normalized spacial score (nSPS) is 11.2. The van der Waals surface area contributed by atoms with Crippen LogP contribution in [-0.4, -0.2) is 11.9 Å². The Bertz CT molecular complexity index is 542. The number of hydrogen-bond donors (Lipinski definition) is 0.